The zero-order valence-electron chi connectivity index (χ0n) is 13.9. The number of anilines is 1. The van der Waals surface area contributed by atoms with E-state index in [0.29, 0.717) is 13.1 Å². The van der Waals surface area contributed by atoms with Gasteiger partial charge in [0.25, 0.3) is 0 Å². The van der Waals surface area contributed by atoms with E-state index in [1.807, 2.05) is 25.1 Å². The molecule has 1 aromatic rings. The lowest BCUT2D eigenvalue weighted by atomic mass is 10.2. The van der Waals surface area contributed by atoms with Crippen LogP contribution in [0.4, 0.5) is 5.69 Å². The molecule has 0 radical (unpaired) electrons. The molecule has 2 N–H and O–H groups in total. The molecule has 0 bridgehead atoms. The molecule has 0 unspecified atom stereocenters. The Morgan fingerprint density at radius 2 is 1.78 bits per heavy atom. The van der Waals surface area contributed by atoms with Gasteiger partial charge in [-0.15, -0.1) is 0 Å². The van der Waals surface area contributed by atoms with Crippen molar-refractivity contribution in [3.8, 4) is 0 Å². The Balaban J connectivity index is 1.73. The number of hydrogen-bond donors (Lipinski definition) is 2. The van der Waals surface area contributed by atoms with Crippen molar-refractivity contribution in [2.75, 3.05) is 44.2 Å². The van der Waals surface area contributed by atoms with Crippen molar-refractivity contribution < 1.29 is 9.59 Å². The fourth-order valence-electron chi connectivity index (χ4n) is 2.69. The molecule has 1 aromatic carbocycles. The zero-order chi connectivity index (χ0) is 16.7. The van der Waals surface area contributed by atoms with Gasteiger partial charge in [-0.05, 0) is 26.0 Å². The summed E-state index contributed by atoms with van der Waals surface area (Å²) in [5, 5.41) is 5.45. The monoisotopic (exact) mass is 318 g/mol. The quantitative estimate of drug-likeness (QED) is 0.799. The molecule has 6 nitrogen and oxygen atoms in total. The molecular formula is C17H26N4O2. The topological polar surface area (TPSA) is 64.7 Å². The number of para-hydroxylation sites is 1. The summed E-state index contributed by atoms with van der Waals surface area (Å²) in [4.78, 5) is 28.1. The number of piperazine rings is 1. The summed E-state index contributed by atoms with van der Waals surface area (Å²) >= 11 is 0. The van der Waals surface area contributed by atoms with Crippen LogP contribution in [0.1, 0.15) is 13.8 Å². The first-order chi connectivity index (χ1) is 11.1. The van der Waals surface area contributed by atoms with Crippen molar-refractivity contribution in [1.82, 2.24) is 15.5 Å². The van der Waals surface area contributed by atoms with E-state index < -0.39 is 6.04 Å². The predicted molar refractivity (Wildman–Crippen MR) is 91.4 cm³/mol. The molecule has 1 saturated heterocycles. The standard InChI is InChI=1S/C17H26N4O2/c1-3-18-17(23)14(2)19-16(22)13-20-9-11-21(12-10-20)15-7-5-4-6-8-15/h4-8,14H,3,9-13H2,1-2H3,(H,18,23)(H,19,22)/t14-/m1/s1. The number of nitrogens with zero attached hydrogens (tertiary/aromatic N) is 2. The summed E-state index contributed by atoms with van der Waals surface area (Å²) in [6.45, 7) is 7.98. The van der Waals surface area contributed by atoms with E-state index >= 15 is 0 Å². The molecule has 1 fully saturated rings. The van der Waals surface area contributed by atoms with Gasteiger partial charge in [-0.2, -0.15) is 0 Å². The van der Waals surface area contributed by atoms with Crippen molar-refractivity contribution in [2.24, 2.45) is 0 Å². The first-order valence-electron chi connectivity index (χ1n) is 8.19. The van der Waals surface area contributed by atoms with Gasteiger partial charge in [-0.1, -0.05) is 18.2 Å². The van der Waals surface area contributed by atoms with Crippen molar-refractivity contribution in [2.45, 2.75) is 19.9 Å². The summed E-state index contributed by atoms with van der Waals surface area (Å²) in [5.74, 6) is -0.244. The largest absolute Gasteiger partial charge is 0.369 e. The Morgan fingerprint density at radius 1 is 1.13 bits per heavy atom. The molecule has 1 heterocycles. The summed E-state index contributed by atoms with van der Waals surface area (Å²) in [6, 6.07) is 9.82. The Bertz CT molecular complexity index is 513. The number of carbonyl (C=O) groups is 2. The minimum atomic E-state index is -0.493. The Kier molecular flexibility index (Phi) is 6.40. The van der Waals surface area contributed by atoms with E-state index in [-0.39, 0.29) is 11.8 Å². The van der Waals surface area contributed by atoms with E-state index in [1.165, 1.54) is 5.69 Å². The summed E-state index contributed by atoms with van der Waals surface area (Å²) in [5.41, 5.74) is 1.22. The fraction of sp³-hybridized carbons (Fsp3) is 0.529. The van der Waals surface area contributed by atoms with E-state index in [9.17, 15) is 9.59 Å². The fourth-order valence-corrected chi connectivity index (χ4v) is 2.69. The number of benzene rings is 1. The number of rotatable bonds is 6. The maximum atomic E-state index is 12.0. The third-order valence-corrected chi connectivity index (χ3v) is 3.98. The molecule has 6 heteroatoms. The van der Waals surface area contributed by atoms with Crippen LogP contribution >= 0.6 is 0 Å². The normalized spacial score (nSPS) is 16.7. The van der Waals surface area contributed by atoms with Crippen LogP contribution in [0.5, 0.6) is 0 Å². The highest BCUT2D eigenvalue weighted by molar-refractivity contribution is 5.87. The van der Waals surface area contributed by atoms with Gasteiger partial charge in [0, 0.05) is 38.4 Å². The Labute approximate surface area is 137 Å². The maximum Gasteiger partial charge on any atom is 0.242 e. The molecule has 1 aliphatic rings. The van der Waals surface area contributed by atoms with Crippen LogP contribution in [0.2, 0.25) is 0 Å². The molecule has 1 atom stereocenters. The van der Waals surface area contributed by atoms with Gasteiger partial charge in [-0.3, -0.25) is 14.5 Å². The molecular weight excluding hydrogens is 292 g/mol. The third-order valence-electron chi connectivity index (χ3n) is 3.98. The van der Waals surface area contributed by atoms with Crippen molar-refractivity contribution in [3.05, 3.63) is 30.3 Å². The van der Waals surface area contributed by atoms with Gasteiger partial charge < -0.3 is 15.5 Å². The Hall–Kier alpha value is -2.08. The predicted octanol–water partition coefficient (Wildman–Crippen LogP) is 0.449. The number of likely N-dealkylation sites (N-methyl/N-ethyl adjacent to an activating group) is 1. The minimum Gasteiger partial charge on any atom is -0.369 e. The molecule has 2 rings (SSSR count). The van der Waals surface area contributed by atoms with Crippen LogP contribution in [0.3, 0.4) is 0 Å². The summed E-state index contributed by atoms with van der Waals surface area (Å²) in [6.07, 6.45) is 0. The zero-order valence-corrected chi connectivity index (χ0v) is 13.9. The van der Waals surface area contributed by atoms with Gasteiger partial charge in [0.2, 0.25) is 11.8 Å². The van der Waals surface area contributed by atoms with Crippen molar-refractivity contribution in [1.29, 1.82) is 0 Å². The SMILES string of the molecule is CCNC(=O)[C@@H](C)NC(=O)CN1CCN(c2ccccc2)CC1. The van der Waals surface area contributed by atoms with Gasteiger partial charge in [-0.25, -0.2) is 0 Å². The second-order valence-corrected chi connectivity index (χ2v) is 5.78. The minimum absolute atomic E-state index is 0.100. The molecule has 23 heavy (non-hydrogen) atoms. The smallest absolute Gasteiger partial charge is 0.242 e. The maximum absolute atomic E-state index is 12.0. The second-order valence-electron chi connectivity index (χ2n) is 5.78. The average molecular weight is 318 g/mol. The van der Waals surface area contributed by atoms with Gasteiger partial charge in [0.05, 0.1) is 6.54 Å². The van der Waals surface area contributed by atoms with E-state index in [0.717, 1.165) is 26.2 Å². The van der Waals surface area contributed by atoms with E-state index in [4.69, 9.17) is 0 Å². The summed E-state index contributed by atoms with van der Waals surface area (Å²) < 4.78 is 0. The summed E-state index contributed by atoms with van der Waals surface area (Å²) in [7, 11) is 0. The van der Waals surface area contributed by atoms with Crippen LogP contribution in [0.15, 0.2) is 30.3 Å². The van der Waals surface area contributed by atoms with Crippen molar-refractivity contribution in [3.63, 3.8) is 0 Å². The molecule has 1 aliphatic heterocycles. The molecule has 0 aromatic heterocycles. The molecule has 0 spiro atoms. The highest BCUT2D eigenvalue weighted by atomic mass is 16.2. The second kappa shape index (κ2) is 8.53. The lowest BCUT2D eigenvalue weighted by Crippen LogP contribution is -2.52. The molecule has 126 valence electrons. The van der Waals surface area contributed by atoms with Gasteiger partial charge in [0.1, 0.15) is 6.04 Å². The Morgan fingerprint density at radius 3 is 2.39 bits per heavy atom. The van der Waals surface area contributed by atoms with Crippen LogP contribution in [0, 0.1) is 0 Å². The third kappa shape index (κ3) is 5.25. The van der Waals surface area contributed by atoms with E-state index in [1.54, 1.807) is 6.92 Å². The average Bonchev–Trinajstić information content (AvgIpc) is 2.56. The van der Waals surface area contributed by atoms with Crippen molar-refractivity contribution >= 4 is 17.5 Å². The van der Waals surface area contributed by atoms with Gasteiger partial charge >= 0.3 is 0 Å². The molecule has 0 aliphatic carbocycles. The van der Waals surface area contributed by atoms with Crippen LogP contribution in [0.25, 0.3) is 0 Å². The number of amides is 2. The first kappa shape index (κ1) is 17.3. The lowest BCUT2D eigenvalue weighted by Gasteiger charge is -2.35. The highest BCUT2D eigenvalue weighted by Crippen LogP contribution is 2.15. The lowest BCUT2D eigenvalue weighted by molar-refractivity contribution is -0.129. The van der Waals surface area contributed by atoms with Crippen LogP contribution in [-0.4, -0.2) is 62.0 Å². The number of carbonyl (C=O) groups excluding carboxylic acids is 2. The molecule has 0 saturated carbocycles. The number of hydrogen-bond acceptors (Lipinski definition) is 4. The highest BCUT2D eigenvalue weighted by Gasteiger charge is 2.21. The first-order valence-corrected chi connectivity index (χ1v) is 8.19. The van der Waals surface area contributed by atoms with Crippen LogP contribution < -0.4 is 15.5 Å². The van der Waals surface area contributed by atoms with E-state index in [2.05, 4.69) is 32.6 Å². The number of nitrogens with one attached hydrogen (secondary N) is 2. The molecule has 2 amide bonds. The van der Waals surface area contributed by atoms with Crippen LogP contribution in [-0.2, 0) is 9.59 Å². The van der Waals surface area contributed by atoms with Gasteiger partial charge in [0.15, 0.2) is 0 Å².